The standard InChI is InChI=1S/C15H13Br2NO2/c1-9-13(4-3-5-14(9)17)15(19)18-11-6-10(16)7-12(8-11)20-2/h3-8H,1-2H3,(H,18,19). The Labute approximate surface area is 134 Å². The van der Waals surface area contributed by atoms with Crippen LogP contribution >= 0.6 is 31.9 Å². The number of hydrogen-bond acceptors (Lipinski definition) is 2. The number of carbonyl (C=O) groups is 1. The average Bonchev–Trinajstić information content (AvgIpc) is 2.41. The molecule has 1 N–H and O–H groups in total. The molecule has 5 heteroatoms. The highest BCUT2D eigenvalue weighted by molar-refractivity contribution is 9.10. The molecule has 0 bridgehead atoms. The third-order valence-corrected chi connectivity index (χ3v) is 4.19. The number of methoxy groups -OCH3 is 1. The van der Waals surface area contributed by atoms with Crippen LogP contribution in [-0.4, -0.2) is 13.0 Å². The molecule has 0 aliphatic carbocycles. The second-order valence-corrected chi connectivity index (χ2v) is 6.02. The highest BCUT2D eigenvalue weighted by atomic mass is 79.9. The fourth-order valence-electron chi connectivity index (χ4n) is 1.80. The van der Waals surface area contributed by atoms with E-state index in [2.05, 4.69) is 37.2 Å². The summed E-state index contributed by atoms with van der Waals surface area (Å²) < 4.78 is 6.94. The van der Waals surface area contributed by atoms with Crippen molar-refractivity contribution in [1.29, 1.82) is 0 Å². The van der Waals surface area contributed by atoms with Crippen molar-refractivity contribution in [3.63, 3.8) is 0 Å². The minimum atomic E-state index is -0.149. The normalized spacial score (nSPS) is 10.2. The van der Waals surface area contributed by atoms with Gasteiger partial charge in [-0.2, -0.15) is 0 Å². The maximum absolute atomic E-state index is 12.3. The SMILES string of the molecule is COc1cc(Br)cc(NC(=O)c2cccc(Br)c2C)c1. The smallest absolute Gasteiger partial charge is 0.255 e. The minimum Gasteiger partial charge on any atom is -0.497 e. The van der Waals surface area contributed by atoms with Crippen LogP contribution < -0.4 is 10.1 Å². The molecule has 0 spiro atoms. The van der Waals surface area contributed by atoms with Gasteiger partial charge in [0.2, 0.25) is 0 Å². The van der Waals surface area contributed by atoms with Crippen molar-refractivity contribution in [2.45, 2.75) is 6.92 Å². The maximum atomic E-state index is 12.3. The van der Waals surface area contributed by atoms with Gasteiger partial charge >= 0.3 is 0 Å². The van der Waals surface area contributed by atoms with Crippen LogP contribution in [0.5, 0.6) is 5.75 Å². The Balaban J connectivity index is 2.28. The molecule has 0 saturated carbocycles. The molecule has 0 aliphatic rings. The van der Waals surface area contributed by atoms with Crippen LogP contribution in [-0.2, 0) is 0 Å². The predicted molar refractivity (Wildman–Crippen MR) is 87.5 cm³/mol. The quantitative estimate of drug-likeness (QED) is 0.807. The number of rotatable bonds is 3. The number of benzene rings is 2. The Morgan fingerprint density at radius 1 is 1.20 bits per heavy atom. The molecular formula is C15H13Br2NO2. The summed E-state index contributed by atoms with van der Waals surface area (Å²) in [5, 5.41) is 2.87. The third kappa shape index (κ3) is 3.41. The maximum Gasteiger partial charge on any atom is 0.255 e. The largest absolute Gasteiger partial charge is 0.497 e. The first-order valence-corrected chi connectivity index (χ1v) is 7.51. The third-order valence-electron chi connectivity index (χ3n) is 2.88. The topological polar surface area (TPSA) is 38.3 Å². The van der Waals surface area contributed by atoms with Gasteiger partial charge in [0.25, 0.3) is 5.91 Å². The minimum absolute atomic E-state index is 0.149. The van der Waals surface area contributed by atoms with E-state index in [1.165, 1.54) is 0 Å². The molecule has 0 fully saturated rings. The second-order valence-electron chi connectivity index (χ2n) is 4.25. The van der Waals surface area contributed by atoms with Crippen LogP contribution in [0.2, 0.25) is 0 Å². The lowest BCUT2D eigenvalue weighted by atomic mass is 10.1. The molecule has 0 saturated heterocycles. The van der Waals surface area contributed by atoms with Crippen molar-refractivity contribution in [3.05, 3.63) is 56.5 Å². The van der Waals surface area contributed by atoms with Crippen LogP contribution in [0.15, 0.2) is 45.3 Å². The fourth-order valence-corrected chi connectivity index (χ4v) is 2.64. The van der Waals surface area contributed by atoms with Crippen molar-refractivity contribution in [2.75, 3.05) is 12.4 Å². The van der Waals surface area contributed by atoms with E-state index in [-0.39, 0.29) is 5.91 Å². The Bertz CT molecular complexity index is 656. The van der Waals surface area contributed by atoms with Gasteiger partial charge in [-0.3, -0.25) is 4.79 Å². The molecular weight excluding hydrogens is 386 g/mol. The molecule has 2 rings (SSSR count). The van der Waals surface area contributed by atoms with Crippen molar-refractivity contribution >= 4 is 43.5 Å². The van der Waals surface area contributed by atoms with E-state index in [4.69, 9.17) is 4.74 Å². The number of halogens is 2. The van der Waals surface area contributed by atoms with Gasteiger partial charge in [-0.05, 0) is 36.8 Å². The zero-order valence-electron chi connectivity index (χ0n) is 11.0. The van der Waals surface area contributed by atoms with Crippen LogP contribution in [0.3, 0.4) is 0 Å². The number of hydrogen-bond donors (Lipinski definition) is 1. The molecule has 1 amide bonds. The molecule has 0 aliphatic heterocycles. The Morgan fingerprint density at radius 2 is 1.95 bits per heavy atom. The molecule has 0 unspecified atom stereocenters. The van der Waals surface area contributed by atoms with Crippen molar-refractivity contribution in [1.82, 2.24) is 0 Å². The van der Waals surface area contributed by atoms with E-state index in [9.17, 15) is 4.79 Å². The van der Waals surface area contributed by atoms with E-state index in [1.54, 1.807) is 19.2 Å². The summed E-state index contributed by atoms with van der Waals surface area (Å²) in [6.45, 7) is 1.90. The molecule has 0 atom stereocenters. The molecule has 0 aromatic heterocycles. The molecule has 104 valence electrons. The molecule has 20 heavy (non-hydrogen) atoms. The molecule has 3 nitrogen and oxygen atoms in total. The first-order chi connectivity index (χ1) is 9.51. The van der Waals surface area contributed by atoms with Crippen molar-refractivity contribution < 1.29 is 9.53 Å². The second kappa shape index (κ2) is 6.41. The molecule has 0 radical (unpaired) electrons. The van der Waals surface area contributed by atoms with Gasteiger partial charge in [-0.25, -0.2) is 0 Å². The molecule has 2 aromatic rings. The Morgan fingerprint density at radius 3 is 2.65 bits per heavy atom. The van der Waals surface area contributed by atoms with Gasteiger partial charge in [0.05, 0.1) is 7.11 Å². The summed E-state index contributed by atoms with van der Waals surface area (Å²) >= 11 is 6.81. The summed E-state index contributed by atoms with van der Waals surface area (Å²) in [5.74, 6) is 0.532. The number of carbonyl (C=O) groups excluding carboxylic acids is 1. The van der Waals surface area contributed by atoms with E-state index < -0.39 is 0 Å². The van der Waals surface area contributed by atoms with Crippen molar-refractivity contribution in [3.8, 4) is 5.75 Å². The molecule has 0 heterocycles. The summed E-state index contributed by atoms with van der Waals surface area (Å²) in [7, 11) is 1.59. The Kier molecular flexibility index (Phi) is 4.83. The summed E-state index contributed by atoms with van der Waals surface area (Å²) in [4.78, 5) is 12.3. The van der Waals surface area contributed by atoms with Gasteiger partial charge in [-0.15, -0.1) is 0 Å². The Hall–Kier alpha value is -1.33. The highest BCUT2D eigenvalue weighted by Gasteiger charge is 2.11. The summed E-state index contributed by atoms with van der Waals surface area (Å²) in [5.41, 5.74) is 2.23. The number of nitrogens with one attached hydrogen (secondary N) is 1. The number of ether oxygens (including phenoxy) is 1. The predicted octanol–water partition coefficient (Wildman–Crippen LogP) is 4.78. The van der Waals surface area contributed by atoms with E-state index in [1.807, 2.05) is 31.2 Å². The number of anilines is 1. The van der Waals surface area contributed by atoms with E-state index >= 15 is 0 Å². The van der Waals surface area contributed by atoms with Crippen LogP contribution in [0.4, 0.5) is 5.69 Å². The zero-order chi connectivity index (χ0) is 14.7. The molecule has 2 aromatic carbocycles. The van der Waals surface area contributed by atoms with E-state index in [0.717, 1.165) is 14.5 Å². The van der Waals surface area contributed by atoms with Crippen LogP contribution in [0, 0.1) is 6.92 Å². The van der Waals surface area contributed by atoms with Crippen LogP contribution in [0.25, 0.3) is 0 Å². The first kappa shape index (κ1) is 15.1. The van der Waals surface area contributed by atoms with Gasteiger partial charge in [0.15, 0.2) is 0 Å². The van der Waals surface area contributed by atoms with E-state index in [0.29, 0.717) is 17.0 Å². The average molecular weight is 399 g/mol. The fraction of sp³-hybridized carbons (Fsp3) is 0.133. The highest BCUT2D eigenvalue weighted by Crippen LogP contribution is 2.26. The lowest BCUT2D eigenvalue weighted by Gasteiger charge is -2.10. The van der Waals surface area contributed by atoms with Gasteiger partial charge < -0.3 is 10.1 Å². The van der Waals surface area contributed by atoms with Gasteiger partial charge in [0, 0.05) is 26.3 Å². The van der Waals surface area contributed by atoms with Crippen LogP contribution in [0.1, 0.15) is 15.9 Å². The number of amides is 1. The summed E-state index contributed by atoms with van der Waals surface area (Å²) in [6.07, 6.45) is 0. The summed E-state index contributed by atoms with van der Waals surface area (Å²) in [6, 6.07) is 11.0. The van der Waals surface area contributed by atoms with Gasteiger partial charge in [0.1, 0.15) is 5.75 Å². The van der Waals surface area contributed by atoms with Crippen molar-refractivity contribution in [2.24, 2.45) is 0 Å². The van der Waals surface area contributed by atoms with Gasteiger partial charge in [-0.1, -0.05) is 37.9 Å². The lowest BCUT2D eigenvalue weighted by molar-refractivity contribution is 0.102. The lowest BCUT2D eigenvalue weighted by Crippen LogP contribution is -2.13. The monoisotopic (exact) mass is 397 g/mol. The zero-order valence-corrected chi connectivity index (χ0v) is 14.2. The first-order valence-electron chi connectivity index (χ1n) is 5.92.